The van der Waals surface area contributed by atoms with Crippen LogP contribution in [0.4, 0.5) is 0 Å². The van der Waals surface area contributed by atoms with Crippen LogP contribution in [0.1, 0.15) is 22.3 Å². The summed E-state index contributed by atoms with van der Waals surface area (Å²) in [5, 5.41) is 0. The molecule has 6 heteroatoms. The molecule has 6 nitrogen and oxygen atoms in total. The zero-order valence-corrected chi connectivity index (χ0v) is 13.3. The van der Waals surface area contributed by atoms with Crippen LogP contribution in [-0.4, -0.2) is 37.0 Å². The number of carbonyl (C=O) groups is 3. The Morgan fingerprint density at radius 2 is 1.68 bits per heavy atom. The second-order valence-corrected chi connectivity index (χ2v) is 5.44. The Balaban J connectivity index is 1.53. The molecule has 1 heterocycles. The van der Waals surface area contributed by atoms with Gasteiger partial charge < -0.3 is 14.2 Å². The van der Waals surface area contributed by atoms with Gasteiger partial charge >= 0.3 is 11.9 Å². The maximum absolute atomic E-state index is 12.3. The highest BCUT2D eigenvalue weighted by Gasteiger charge is 2.30. The monoisotopic (exact) mass is 340 g/mol. The van der Waals surface area contributed by atoms with E-state index in [4.69, 9.17) is 14.2 Å². The number of hydrogen-bond acceptors (Lipinski definition) is 6. The third kappa shape index (κ3) is 4.23. The number of esters is 2. The number of cyclic esters (lactones) is 1. The second kappa shape index (κ2) is 7.61. The SMILES string of the molecule is O=C(COc1ccc(C(=O)c2ccccc2)cc1)OC1CCOC1=O. The van der Waals surface area contributed by atoms with Crippen LogP contribution >= 0.6 is 0 Å². The van der Waals surface area contributed by atoms with E-state index in [2.05, 4.69) is 0 Å². The second-order valence-electron chi connectivity index (χ2n) is 5.44. The molecule has 2 aromatic rings. The first-order chi connectivity index (χ1) is 12.1. The molecule has 0 radical (unpaired) electrons. The summed E-state index contributed by atoms with van der Waals surface area (Å²) in [5.74, 6) is -0.840. The molecular formula is C19H16O6. The lowest BCUT2D eigenvalue weighted by atomic mass is 10.0. The van der Waals surface area contributed by atoms with Gasteiger partial charge in [0, 0.05) is 17.5 Å². The Morgan fingerprint density at radius 1 is 1.00 bits per heavy atom. The van der Waals surface area contributed by atoms with Crippen LogP contribution in [0, 0.1) is 0 Å². The van der Waals surface area contributed by atoms with Crippen LogP contribution in [0.5, 0.6) is 5.75 Å². The van der Waals surface area contributed by atoms with Gasteiger partial charge in [-0.3, -0.25) is 4.79 Å². The zero-order valence-electron chi connectivity index (χ0n) is 13.3. The molecule has 1 unspecified atom stereocenters. The van der Waals surface area contributed by atoms with Gasteiger partial charge in [-0.15, -0.1) is 0 Å². The highest BCUT2D eigenvalue weighted by Crippen LogP contribution is 2.16. The summed E-state index contributed by atoms with van der Waals surface area (Å²) < 4.78 is 15.0. The van der Waals surface area contributed by atoms with Gasteiger partial charge in [-0.2, -0.15) is 0 Å². The average molecular weight is 340 g/mol. The van der Waals surface area contributed by atoms with Gasteiger partial charge in [0.15, 0.2) is 12.4 Å². The van der Waals surface area contributed by atoms with Gasteiger partial charge in [0.1, 0.15) is 5.75 Å². The Kier molecular flexibility index (Phi) is 5.09. The van der Waals surface area contributed by atoms with Gasteiger partial charge in [-0.05, 0) is 24.3 Å². The molecule has 0 N–H and O–H groups in total. The van der Waals surface area contributed by atoms with Crippen molar-refractivity contribution in [2.75, 3.05) is 13.2 Å². The normalized spacial score (nSPS) is 16.2. The molecule has 128 valence electrons. The first-order valence-electron chi connectivity index (χ1n) is 7.82. The van der Waals surface area contributed by atoms with E-state index < -0.39 is 18.0 Å². The lowest BCUT2D eigenvalue weighted by Crippen LogP contribution is -2.26. The van der Waals surface area contributed by atoms with E-state index in [1.54, 1.807) is 48.5 Å². The molecule has 1 saturated heterocycles. The highest BCUT2D eigenvalue weighted by atomic mass is 16.6. The van der Waals surface area contributed by atoms with Crippen molar-refractivity contribution < 1.29 is 28.6 Å². The standard InChI is InChI=1S/C19H16O6/c20-17(25-16-10-11-23-19(16)22)12-24-15-8-6-14(7-9-15)18(21)13-4-2-1-3-5-13/h1-9,16H,10-12H2. The van der Waals surface area contributed by atoms with Crippen molar-refractivity contribution in [2.24, 2.45) is 0 Å². The first kappa shape index (κ1) is 16.7. The van der Waals surface area contributed by atoms with E-state index in [0.29, 0.717) is 23.3 Å². The minimum atomic E-state index is -0.845. The molecular weight excluding hydrogens is 324 g/mol. The fraction of sp³-hybridized carbons (Fsp3) is 0.211. The molecule has 0 aromatic heterocycles. The minimum Gasteiger partial charge on any atom is -0.482 e. The summed E-state index contributed by atoms with van der Waals surface area (Å²) in [5.41, 5.74) is 1.12. The van der Waals surface area contributed by atoms with Crippen molar-refractivity contribution in [3.05, 3.63) is 65.7 Å². The third-order valence-corrected chi connectivity index (χ3v) is 3.67. The van der Waals surface area contributed by atoms with Crippen LogP contribution < -0.4 is 4.74 Å². The molecule has 0 saturated carbocycles. The molecule has 1 fully saturated rings. The van der Waals surface area contributed by atoms with Gasteiger partial charge in [-0.1, -0.05) is 30.3 Å². The van der Waals surface area contributed by atoms with Crippen LogP contribution in [0.25, 0.3) is 0 Å². The first-order valence-corrected chi connectivity index (χ1v) is 7.82. The van der Waals surface area contributed by atoms with Crippen molar-refractivity contribution in [1.29, 1.82) is 0 Å². The van der Waals surface area contributed by atoms with Crippen molar-refractivity contribution in [2.45, 2.75) is 12.5 Å². The number of carbonyl (C=O) groups excluding carboxylic acids is 3. The average Bonchev–Trinajstić information content (AvgIpc) is 3.05. The molecule has 0 aliphatic carbocycles. The smallest absolute Gasteiger partial charge is 0.347 e. The minimum absolute atomic E-state index is 0.0914. The number of rotatable bonds is 6. The Labute approximate surface area is 144 Å². The Bertz CT molecular complexity index is 766. The number of hydrogen-bond donors (Lipinski definition) is 0. The van der Waals surface area contributed by atoms with Crippen LogP contribution in [-0.2, 0) is 19.1 Å². The summed E-state index contributed by atoms with van der Waals surface area (Å²) in [7, 11) is 0. The Morgan fingerprint density at radius 3 is 2.32 bits per heavy atom. The summed E-state index contributed by atoms with van der Waals surface area (Å²) >= 11 is 0. The van der Waals surface area contributed by atoms with Gasteiger partial charge in [0.2, 0.25) is 6.10 Å². The van der Waals surface area contributed by atoms with Crippen molar-refractivity contribution in [3.8, 4) is 5.75 Å². The van der Waals surface area contributed by atoms with E-state index in [0.717, 1.165) is 0 Å². The largest absolute Gasteiger partial charge is 0.482 e. The molecule has 3 rings (SSSR count). The molecule has 1 aliphatic heterocycles. The van der Waals surface area contributed by atoms with E-state index in [1.165, 1.54) is 0 Å². The lowest BCUT2D eigenvalue weighted by Gasteiger charge is -2.10. The van der Waals surface area contributed by atoms with Crippen LogP contribution in [0.3, 0.4) is 0 Å². The predicted octanol–water partition coefficient (Wildman–Crippen LogP) is 2.16. The molecule has 0 bridgehead atoms. The van der Waals surface area contributed by atoms with Crippen LogP contribution in [0.15, 0.2) is 54.6 Å². The van der Waals surface area contributed by atoms with Crippen LogP contribution in [0.2, 0.25) is 0 Å². The fourth-order valence-electron chi connectivity index (χ4n) is 2.38. The number of benzene rings is 2. The summed E-state index contributed by atoms with van der Waals surface area (Å²) in [4.78, 5) is 35.2. The predicted molar refractivity (Wildman–Crippen MR) is 87.3 cm³/mol. The maximum atomic E-state index is 12.3. The molecule has 2 aromatic carbocycles. The van der Waals surface area contributed by atoms with E-state index in [9.17, 15) is 14.4 Å². The number of ether oxygens (including phenoxy) is 3. The van der Waals surface area contributed by atoms with Gasteiger partial charge in [0.05, 0.1) is 6.61 Å². The molecule has 25 heavy (non-hydrogen) atoms. The van der Waals surface area contributed by atoms with Crippen molar-refractivity contribution >= 4 is 17.7 Å². The van der Waals surface area contributed by atoms with E-state index >= 15 is 0 Å². The highest BCUT2D eigenvalue weighted by molar-refractivity contribution is 6.08. The summed E-state index contributed by atoms with van der Waals surface area (Å²) in [6.45, 7) is -0.0652. The quantitative estimate of drug-likeness (QED) is 0.592. The molecule has 0 amide bonds. The summed E-state index contributed by atoms with van der Waals surface area (Å²) in [6, 6.07) is 15.4. The van der Waals surface area contributed by atoms with E-state index in [-0.39, 0.29) is 19.0 Å². The molecule has 1 aliphatic rings. The Hall–Kier alpha value is -3.15. The third-order valence-electron chi connectivity index (χ3n) is 3.67. The lowest BCUT2D eigenvalue weighted by molar-refractivity contribution is -0.161. The zero-order chi connectivity index (χ0) is 17.6. The summed E-state index contributed by atoms with van der Waals surface area (Å²) in [6.07, 6.45) is -0.483. The van der Waals surface area contributed by atoms with Crippen molar-refractivity contribution in [3.63, 3.8) is 0 Å². The number of ketones is 1. The topological polar surface area (TPSA) is 78.9 Å². The fourth-order valence-corrected chi connectivity index (χ4v) is 2.38. The maximum Gasteiger partial charge on any atom is 0.347 e. The van der Waals surface area contributed by atoms with Gasteiger partial charge in [-0.25, -0.2) is 9.59 Å². The van der Waals surface area contributed by atoms with Crippen molar-refractivity contribution in [1.82, 2.24) is 0 Å². The van der Waals surface area contributed by atoms with E-state index in [1.807, 2.05) is 6.07 Å². The molecule has 0 spiro atoms. The molecule has 1 atom stereocenters. The van der Waals surface area contributed by atoms with Gasteiger partial charge in [0.25, 0.3) is 0 Å².